The van der Waals surface area contributed by atoms with Crippen LogP contribution in [0.25, 0.3) is 0 Å². The third-order valence-corrected chi connectivity index (χ3v) is 1.54. The van der Waals surface area contributed by atoms with Gasteiger partial charge in [0.05, 0.1) is 12.3 Å². The Labute approximate surface area is 80.7 Å². The molecule has 0 fully saturated rings. The molecule has 0 saturated carbocycles. The van der Waals surface area contributed by atoms with Gasteiger partial charge in [-0.1, -0.05) is 0 Å². The van der Waals surface area contributed by atoms with Crippen LogP contribution in [0.15, 0.2) is 12.4 Å². The summed E-state index contributed by atoms with van der Waals surface area (Å²) in [5.41, 5.74) is 5.59. The van der Waals surface area contributed by atoms with Gasteiger partial charge in [-0.25, -0.2) is 9.97 Å². The van der Waals surface area contributed by atoms with Gasteiger partial charge in [-0.2, -0.15) is 0 Å². The minimum Gasteiger partial charge on any atom is -0.480 e. The third kappa shape index (κ3) is 2.40. The molecule has 0 aromatic carbocycles. The van der Waals surface area contributed by atoms with E-state index in [1.807, 2.05) is 0 Å². The smallest absolute Gasteiger partial charge is 0.326 e. The molecule has 0 saturated heterocycles. The first-order valence-corrected chi connectivity index (χ1v) is 4.08. The number of carboxylic acids is 1. The van der Waals surface area contributed by atoms with Crippen molar-refractivity contribution in [1.82, 2.24) is 9.97 Å². The molecule has 1 unspecified atom stereocenters. The molecular formula is C8H11N3O3. The van der Waals surface area contributed by atoms with Crippen molar-refractivity contribution in [3.63, 3.8) is 0 Å². The molecule has 6 nitrogen and oxygen atoms in total. The molecule has 1 aromatic rings. The molecule has 3 N–H and O–H groups in total. The molecule has 76 valence electrons. The van der Waals surface area contributed by atoms with E-state index >= 15 is 0 Å². The van der Waals surface area contributed by atoms with Crippen LogP contribution in [0.5, 0.6) is 5.88 Å². The number of ether oxygens (including phenoxy) is 1. The highest BCUT2D eigenvalue weighted by Crippen LogP contribution is 2.12. The fraction of sp³-hybridized carbons (Fsp3) is 0.375. The molecular weight excluding hydrogens is 186 g/mol. The van der Waals surface area contributed by atoms with Crippen LogP contribution >= 0.6 is 0 Å². The first kappa shape index (κ1) is 10.4. The second-order valence-electron chi connectivity index (χ2n) is 2.53. The number of hydrogen-bond acceptors (Lipinski definition) is 5. The monoisotopic (exact) mass is 197 g/mol. The van der Waals surface area contributed by atoms with Crippen molar-refractivity contribution in [1.29, 1.82) is 0 Å². The van der Waals surface area contributed by atoms with E-state index in [0.29, 0.717) is 12.5 Å². The first-order valence-electron chi connectivity index (χ1n) is 4.08. The van der Waals surface area contributed by atoms with Crippen LogP contribution in [0.4, 0.5) is 0 Å². The Morgan fingerprint density at radius 1 is 1.71 bits per heavy atom. The summed E-state index contributed by atoms with van der Waals surface area (Å²) in [4.78, 5) is 18.1. The van der Waals surface area contributed by atoms with E-state index in [0.717, 1.165) is 0 Å². The normalized spacial score (nSPS) is 12.1. The van der Waals surface area contributed by atoms with Crippen LogP contribution in [-0.2, 0) is 4.79 Å². The zero-order chi connectivity index (χ0) is 10.6. The molecule has 0 radical (unpaired) electrons. The van der Waals surface area contributed by atoms with Gasteiger partial charge in [-0.05, 0) is 6.92 Å². The lowest BCUT2D eigenvalue weighted by atomic mass is 10.2. The molecule has 0 aliphatic carbocycles. The van der Waals surface area contributed by atoms with Crippen LogP contribution in [0.2, 0.25) is 0 Å². The standard InChI is InChI=1S/C8H11N3O3/c1-2-14-6-3-5(10-4-11-6)7(9)8(12)13/h3-4,7H,2,9H2,1H3,(H,12,13). The number of carbonyl (C=O) groups is 1. The average Bonchev–Trinajstić information content (AvgIpc) is 2.17. The zero-order valence-electron chi connectivity index (χ0n) is 7.67. The van der Waals surface area contributed by atoms with Gasteiger partial charge in [-0.15, -0.1) is 0 Å². The van der Waals surface area contributed by atoms with Gasteiger partial charge in [0.2, 0.25) is 5.88 Å². The van der Waals surface area contributed by atoms with Crippen molar-refractivity contribution in [3.05, 3.63) is 18.1 Å². The molecule has 1 rings (SSSR count). The maximum atomic E-state index is 10.5. The van der Waals surface area contributed by atoms with Gasteiger partial charge in [0.15, 0.2) is 0 Å². The maximum Gasteiger partial charge on any atom is 0.326 e. The third-order valence-electron chi connectivity index (χ3n) is 1.54. The lowest BCUT2D eigenvalue weighted by Gasteiger charge is -2.06. The van der Waals surface area contributed by atoms with E-state index in [-0.39, 0.29) is 5.69 Å². The van der Waals surface area contributed by atoms with E-state index in [2.05, 4.69) is 9.97 Å². The summed E-state index contributed by atoms with van der Waals surface area (Å²) in [6.07, 6.45) is 1.23. The highest BCUT2D eigenvalue weighted by Gasteiger charge is 2.16. The van der Waals surface area contributed by atoms with Crippen LogP contribution in [0, 0.1) is 0 Å². The van der Waals surface area contributed by atoms with Gasteiger partial charge >= 0.3 is 5.97 Å². The zero-order valence-corrected chi connectivity index (χ0v) is 7.67. The molecule has 0 amide bonds. The second kappa shape index (κ2) is 4.52. The van der Waals surface area contributed by atoms with Crippen molar-refractivity contribution in [2.75, 3.05) is 6.61 Å². The number of carboxylic acid groups (broad SMARTS) is 1. The van der Waals surface area contributed by atoms with Crippen molar-refractivity contribution in [2.45, 2.75) is 13.0 Å². The fourth-order valence-electron chi connectivity index (χ4n) is 0.877. The SMILES string of the molecule is CCOc1cc(C(N)C(=O)O)ncn1. The summed E-state index contributed by atoms with van der Waals surface area (Å²) < 4.78 is 5.08. The van der Waals surface area contributed by atoms with Crippen molar-refractivity contribution in [3.8, 4) is 5.88 Å². The van der Waals surface area contributed by atoms with E-state index in [1.54, 1.807) is 6.92 Å². The summed E-state index contributed by atoms with van der Waals surface area (Å²) >= 11 is 0. The Kier molecular flexibility index (Phi) is 3.35. The average molecular weight is 197 g/mol. The van der Waals surface area contributed by atoms with Gasteiger partial charge in [0, 0.05) is 6.07 Å². The minimum atomic E-state index is -1.14. The Morgan fingerprint density at radius 3 is 3.00 bits per heavy atom. The summed E-state index contributed by atoms with van der Waals surface area (Å²) in [6, 6.07) is 0.277. The van der Waals surface area contributed by atoms with Crippen molar-refractivity contribution < 1.29 is 14.6 Å². The molecule has 1 atom stereocenters. The molecule has 0 bridgehead atoms. The number of hydrogen-bond donors (Lipinski definition) is 2. The van der Waals surface area contributed by atoms with Gasteiger partial charge in [0.25, 0.3) is 0 Å². The Morgan fingerprint density at radius 2 is 2.43 bits per heavy atom. The number of rotatable bonds is 4. The molecule has 14 heavy (non-hydrogen) atoms. The van der Waals surface area contributed by atoms with Crippen molar-refractivity contribution >= 4 is 5.97 Å². The molecule has 1 aromatic heterocycles. The van der Waals surface area contributed by atoms with E-state index < -0.39 is 12.0 Å². The Bertz CT molecular complexity index is 329. The summed E-state index contributed by atoms with van der Waals surface area (Å²) in [6.45, 7) is 2.26. The lowest BCUT2D eigenvalue weighted by molar-refractivity contribution is -0.138. The van der Waals surface area contributed by atoms with Gasteiger partial charge in [0.1, 0.15) is 12.4 Å². The van der Waals surface area contributed by atoms with Crippen LogP contribution in [0.1, 0.15) is 18.7 Å². The topological polar surface area (TPSA) is 98.3 Å². The van der Waals surface area contributed by atoms with E-state index in [4.69, 9.17) is 15.6 Å². The largest absolute Gasteiger partial charge is 0.480 e. The van der Waals surface area contributed by atoms with Crippen LogP contribution < -0.4 is 10.5 Å². The molecule has 1 heterocycles. The van der Waals surface area contributed by atoms with E-state index in [9.17, 15) is 4.79 Å². The predicted octanol–water partition coefficient (Wildman–Crippen LogP) is -0.0403. The highest BCUT2D eigenvalue weighted by atomic mass is 16.5. The van der Waals surface area contributed by atoms with Crippen molar-refractivity contribution in [2.24, 2.45) is 5.73 Å². The van der Waals surface area contributed by atoms with E-state index in [1.165, 1.54) is 12.4 Å². The number of aliphatic carboxylic acids is 1. The number of nitrogens with two attached hydrogens (primary N) is 1. The summed E-state index contributed by atoms with van der Waals surface area (Å²) in [5.74, 6) is -0.805. The Hall–Kier alpha value is -1.69. The number of nitrogens with zero attached hydrogens (tertiary/aromatic N) is 2. The summed E-state index contributed by atoms with van der Waals surface area (Å²) in [5, 5.41) is 8.63. The predicted molar refractivity (Wildman–Crippen MR) is 47.8 cm³/mol. The first-order chi connectivity index (χ1) is 6.65. The summed E-state index contributed by atoms with van der Waals surface area (Å²) in [7, 11) is 0. The minimum absolute atomic E-state index is 0.232. The van der Waals surface area contributed by atoms with Crippen LogP contribution in [0.3, 0.4) is 0 Å². The Balaban J connectivity index is 2.87. The second-order valence-corrected chi connectivity index (χ2v) is 2.53. The highest BCUT2D eigenvalue weighted by molar-refractivity contribution is 5.74. The molecule has 6 heteroatoms. The molecule has 0 aliphatic heterocycles. The molecule has 0 spiro atoms. The quantitative estimate of drug-likeness (QED) is 0.702. The fourth-order valence-corrected chi connectivity index (χ4v) is 0.877. The van der Waals surface area contributed by atoms with Crippen LogP contribution in [-0.4, -0.2) is 27.7 Å². The number of aromatic nitrogens is 2. The molecule has 0 aliphatic rings. The van der Waals surface area contributed by atoms with Gasteiger partial charge < -0.3 is 15.6 Å². The lowest BCUT2D eigenvalue weighted by Crippen LogP contribution is -2.21. The maximum absolute atomic E-state index is 10.5. The van der Waals surface area contributed by atoms with Gasteiger partial charge in [-0.3, -0.25) is 4.79 Å².